The SMILES string of the molecule is NC(=O)NC(=O)CNCC1CCCC1CO. The molecule has 2 unspecified atom stereocenters. The molecule has 1 rings (SSSR count). The Morgan fingerprint density at radius 1 is 1.31 bits per heavy atom. The maximum atomic E-state index is 11.1. The maximum absolute atomic E-state index is 11.1. The molecule has 3 amide bonds. The monoisotopic (exact) mass is 229 g/mol. The zero-order valence-electron chi connectivity index (χ0n) is 9.24. The molecule has 16 heavy (non-hydrogen) atoms. The number of nitrogens with two attached hydrogens (primary N) is 1. The van der Waals surface area contributed by atoms with Gasteiger partial charge in [-0.05, 0) is 31.2 Å². The average molecular weight is 229 g/mol. The maximum Gasteiger partial charge on any atom is 0.318 e. The molecule has 1 aliphatic carbocycles. The minimum Gasteiger partial charge on any atom is -0.396 e. The molecule has 0 heterocycles. The summed E-state index contributed by atoms with van der Waals surface area (Å²) >= 11 is 0. The smallest absolute Gasteiger partial charge is 0.318 e. The molecule has 6 heteroatoms. The molecule has 0 radical (unpaired) electrons. The van der Waals surface area contributed by atoms with Crippen LogP contribution in [0.1, 0.15) is 19.3 Å². The summed E-state index contributed by atoms with van der Waals surface area (Å²) in [6.45, 7) is 0.981. The van der Waals surface area contributed by atoms with E-state index < -0.39 is 11.9 Å². The van der Waals surface area contributed by atoms with Crippen LogP contribution in [0.2, 0.25) is 0 Å². The van der Waals surface area contributed by atoms with Crippen molar-refractivity contribution < 1.29 is 14.7 Å². The van der Waals surface area contributed by atoms with Crippen LogP contribution in [0.25, 0.3) is 0 Å². The first kappa shape index (κ1) is 12.9. The van der Waals surface area contributed by atoms with Gasteiger partial charge >= 0.3 is 6.03 Å². The van der Waals surface area contributed by atoms with Crippen molar-refractivity contribution in [2.75, 3.05) is 19.7 Å². The molecule has 1 aliphatic rings. The third-order valence-corrected chi connectivity index (χ3v) is 3.01. The fourth-order valence-corrected chi connectivity index (χ4v) is 2.18. The lowest BCUT2D eigenvalue weighted by atomic mass is 9.97. The second-order valence-corrected chi connectivity index (χ2v) is 4.18. The Balaban J connectivity index is 2.15. The predicted octanol–water partition coefficient (Wildman–Crippen LogP) is -0.821. The number of carbonyl (C=O) groups is 2. The van der Waals surface area contributed by atoms with E-state index in [1.54, 1.807) is 0 Å². The van der Waals surface area contributed by atoms with Crippen molar-refractivity contribution in [3.63, 3.8) is 0 Å². The van der Waals surface area contributed by atoms with E-state index >= 15 is 0 Å². The van der Waals surface area contributed by atoms with Gasteiger partial charge < -0.3 is 16.2 Å². The van der Waals surface area contributed by atoms with Crippen LogP contribution in [0, 0.1) is 11.8 Å². The van der Waals surface area contributed by atoms with Gasteiger partial charge in [-0.1, -0.05) is 6.42 Å². The number of imide groups is 1. The van der Waals surface area contributed by atoms with E-state index in [-0.39, 0.29) is 13.2 Å². The van der Waals surface area contributed by atoms with Gasteiger partial charge in [0.25, 0.3) is 0 Å². The molecule has 0 aromatic rings. The van der Waals surface area contributed by atoms with Gasteiger partial charge in [0.15, 0.2) is 0 Å². The molecular formula is C10H19N3O3. The van der Waals surface area contributed by atoms with Gasteiger partial charge in [-0.15, -0.1) is 0 Å². The largest absolute Gasteiger partial charge is 0.396 e. The molecule has 0 bridgehead atoms. The normalized spacial score (nSPS) is 24.3. The van der Waals surface area contributed by atoms with E-state index in [1.165, 1.54) is 0 Å². The van der Waals surface area contributed by atoms with Crippen LogP contribution in [0.4, 0.5) is 4.79 Å². The quantitative estimate of drug-likeness (QED) is 0.494. The minimum atomic E-state index is -0.832. The topological polar surface area (TPSA) is 104 Å². The first-order valence-corrected chi connectivity index (χ1v) is 5.54. The van der Waals surface area contributed by atoms with Crippen LogP contribution < -0.4 is 16.4 Å². The van der Waals surface area contributed by atoms with Crippen LogP contribution in [-0.4, -0.2) is 36.7 Å². The molecule has 1 fully saturated rings. The van der Waals surface area contributed by atoms with Gasteiger partial charge in [0, 0.05) is 6.61 Å². The molecular weight excluding hydrogens is 210 g/mol. The summed E-state index contributed by atoms with van der Waals surface area (Å²) in [6, 6.07) is -0.832. The van der Waals surface area contributed by atoms with Crippen molar-refractivity contribution >= 4 is 11.9 Å². The van der Waals surface area contributed by atoms with Crippen molar-refractivity contribution in [2.45, 2.75) is 19.3 Å². The Labute approximate surface area is 94.6 Å². The van der Waals surface area contributed by atoms with Crippen LogP contribution in [0.3, 0.4) is 0 Å². The van der Waals surface area contributed by atoms with Gasteiger partial charge in [-0.25, -0.2) is 4.79 Å². The van der Waals surface area contributed by atoms with Crippen molar-refractivity contribution in [3.05, 3.63) is 0 Å². The lowest BCUT2D eigenvalue weighted by molar-refractivity contribution is -0.119. The fourth-order valence-electron chi connectivity index (χ4n) is 2.18. The average Bonchev–Trinajstić information content (AvgIpc) is 2.64. The van der Waals surface area contributed by atoms with Crippen molar-refractivity contribution in [3.8, 4) is 0 Å². The Morgan fingerprint density at radius 3 is 2.62 bits per heavy atom. The number of hydrogen-bond acceptors (Lipinski definition) is 4. The van der Waals surface area contributed by atoms with Gasteiger partial charge in [0.2, 0.25) is 5.91 Å². The Morgan fingerprint density at radius 2 is 2.00 bits per heavy atom. The lowest BCUT2D eigenvalue weighted by Gasteiger charge is -2.17. The number of hydrogen-bond donors (Lipinski definition) is 4. The number of aliphatic hydroxyl groups excluding tert-OH is 1. The highest BCUT2D eigenvalue weighted by Crippen LogP contribution is 2.30. The number of amides is 3. The second-order valence-electron chi connectivity index (χ2n) is 4.18. The third-order valence-electron chi connectivity index (χ3n) is 3.01. The fraction of sp³-hybridized carbons (Fsp3) is 0.800. The zero-order valence-corrected chi connectivity index (χ0v) is 9.24. The molecule has 92 valence electrons. The number of primary amides is 1. The summed E-state index contributed by atoms with van der Waals surface area (Å²) in [5, 5.41) is 14.0. The number of aliphatic hydroxyl groups is 1. The van der Waals surface area contributed by atoms with Crippen LogP contribution in [0.5, 0.6) is 0 Å². The number of carbonyl (C=O) groups excluding carboxylic acids is 2. The number of rotatable bonds is 5. The highest BCUT2D eigenvalue weighted by Gasteiger charge is 2.26. The summed E-state index contributed by atoms with van der Waals surface area (Å²) in [4.78, 5) is 21.4. The summed E-state index contributed by atoms with van der Waals surface area (Å²) in [7, 11) is 0. The van der Waals surface area contributed by atoms with E-state index in [9.17, 15) is 9.59 Å². The summed E-state index contributed by atoms with van der Waals surface area (Å²) in [6.07, 6.45) is 3.26. The Kier molecular flexibility index (Phi) is 5.21. The van der Waals surface area contributed by atoms with Crippen molar-refractivity contribution in [2.24, 2.45) is 17.6 Å². The van der Waals surface area contributed by atoms with E-state index in [4.69, 9.17) is 10.8 Å². The number of nitrogens with one attached hydrogen (secondary N) is 2. The minimum absolute atomic E-state index is 0.0809. The Bertz CT molecular complexity index is 258. The van der Waals surface area contributed by atoms with Gasteiger partial charge in [-0.3, -0.25) is 10.1 Å². The summed E-state index contributed by atoms with van der Waals surface area (Å²) in [5.41, 5.74) is 4.80. The molecule has 0 saturated heterocycles. The highest BCUT2D eigenvalue weighted by atomic mass is 16.3. The molecule has 0 aliphatic heterocycles. The molecule has 5 N–H and O–H groups in total. The summed E-state index contributed by atoms with van der Waals surface area (Å²) < 4.78 is 0. The van der Waals surface area contributed by atoms with E-state index in [2.05, 4.69) is 5.32 Å². The van der Waals surface area contributed by atoms with Crippen LogP contribution in [-0.2, 0) is 4.79 Å². The van der Waals surface area contributed by atoms with Crippen LogP contribution in [0.15, 0.2) is 0 Å². The first-order chi connectivity index (χ1) is 7.63. The second kappa shape index (κ2) is 6.44. The molecule has 2 atom stereocenters. The van der Waals surface area contributed by atoms with Crippen molar-refractivity contribution in [1.29, 1.82) is 0 Å². The van der Waals surface area contributed by atoms with Gasteiger partial charge in [-0.2, -0.15) is 0 Å². The molecule has 0 aromatic carbocycles. The van der Waals surface area contributed by atoms with Crippen LogP contribution >= 0.6 is 0 Å². The van der Waals surface area contributed by atoms with Crippen molar-refractivity contribution in [1.82, 2.24) is 10.6 Å². The Hall–Kier alpha value is -1.14. The predicted molar refractivity (Wildman–Crippen MR) is 58.5 cm³/mol. The number of urea groups is 1. The zero-order chi connectivity index (χ0) is 12.0. The van der Waals surface area contributed by atoms with Gasteiger partial charge in [0.05, 0.1) is 6.54 Å². The molecule has 0 aromatic heterocycles. The summed E-state index contributed by atoms with van der Waals surface area (Å²) in [5.74, 6) is 0.337. The molecule has 0 spiro atoms. The van der Waals surface area contributed by atoms with E-state index in [0.717, 1.165) is 19.3 Å². The first-order valence-electron chi connectivity index (χ1n) is 5.54. The molecule has 6 nitrogen and oxygen atoms in total. The van der Waals surface area contributed by atoms with E-state index in [0.29, 0.717) is 18.4 Å². The third kappa shape index (κ3) is 4.16. The molecule has 1 saturated carbocycles. The van der Waals surface area contributed by atoms with E-state index in [1.807, 2.05) is 5.32 Å². The van der Waals surface area contributed by atoms with Gasteiger partial charge in [0.1, 0.15) is 0 Å². The lowest BCUT2D eigenvalue weighted by Crippen LogP contribution is -2.41. The standard InChI is InChI=1S/C10H19N3O3/c11-10(16)13-9(15)5-12-4-7-2-1-3-8(7)6-14/h7-8,12,14H,1-6H2,(H3,11,13,15,16). The highest BCUT2D eigenvalue weighted by molar-refractivity contribution is 5.94.